The Morgan fingerprint density at radius 2 is 0.725 bits per heavy atom. The maximum atomic E-state index is 4.99. The van der Waals surface area contributed by atoms with Gasteiger partial charge in [-0.15, -0.1) is 0 Å². The molecule has 0 radical (unpaired) electrons. The van der Waals surface area contributed by atoms with E-state index < -0.39 is 0 Å². The van der Waals surface area contributed by atoms with E-state index in [1.165, 1.54) is 16.2 Å². The number of aromatic nitrogens is 5. The molecule has 0 atom stereocenters. The summed E-state index contributed by atoms with van der Waals surface area (Å²) in [6.07, 6.45) is 7.34. The predicted molar refractivity (Wildman–Crippen MR) is 162 cm³/mol. The normalized spacial score (nSPS) is 11.5. The van der Waals surface area contributed by atoms with Crippen molar-refractivity contribution in [1.82, 2.24) is 24.9 Å². The van der Waals surface area contributed by atoms with Crippen LogP contribution in [0.1, 0.15) is 0 Å². The number of pyridine rings is 2. The molecule has 0 N–H and O–H groups in total. The van der Waals surface area contributed by atoms with Gasteiger partial charge in [0.25, 0.3) is 0 Å². The van der Waals surface area contributed by atoms with Gasteiger partial charge in [0, 0.05) is 52.3 Å². The fourth-order valence-electron chi connectivity index (χ4n) is 5.29. The largest absolute Gasteiger partial charge is 0.264 e. The zero-order chi connectivity index (χ0) is 26.5. The molecule has 5 nitrogen and oxygen atoms in total. The van der Waals surface area contributed by atoms with E-state index >= 15 is 0 Å². The van der Waals surface area contributed by atoms with E-state index in [0.717, 1.165) is 43.6 Å². The summed E-state index contributed by atoms with van der Waals surface area (Å²) in [5.41, 5.74) is 2.81. The molecule has 0 bridgehead atoms. The Morgan fingerprint density at radius 3 is 1.25 bits per heavy atom. The zero-order valence-corrected chi connectivity index (χ0v) is 21.4. The molecule has 0 saturated carbocycles. The van der Waals surface area contributed by atoms with Crippen LogP contribution < -0.4 is 0 Å². The first-order valence-corrected chi connectivity index (χ1v) is 13.1. The van der Waals surface area contributed by atoms with Crippen LogP contribution >= 0.6 is 0 Å². The Hall–Kier alpha value is -5.55. The summed E-state index contributed by atoms with van der Waals surface area (Å²) in [6.45, 7) is 0. The van der Waals surface area contributed by atoms with Crippen LogP contribution in [0, 0.1) is 0 Å². The summed E-state index contributed by atoms with van der Waals surface area (Å²) in [4.78, 5) is 23.4. The first kappa shape index (κ1) is 22.4. The highest BCUT2D eigenvalue weighted by molar-refractivity contribution is 5.99. The second-order valence-corrected chi connectivity index (χ2v) is 9.94. The molecule has 3 heterocycles. The van der Waals surface area contributed by atoms with Gasteiger partial charge < -0.3 is 0 Å². The van der Waals surface area contributed by atoms with Gasteiger partial charge in [-0.25, -0.2) is 15.0 Å². The van der Waals surface area contributed by atoms with Crippen LogP contribution in [0.15, 0.2) is 128 Å². The second-order valence-electron chi connectivity index (χ2n) is 9.94. The molecular weight excluding hydrogens is 490 g/mol. The van der Waals surface area contributed by atoms with E-state index in [4.69, 9.17) is 15.0 Å². The Balaban J connectivity index is 1.33. The van der Waals surface area contributed by atoms with E-state index in [2.05, 4.69) is 88.8 Å². The van der Waals surface area contributed by atoms with Gasteiger partial charge in [-0.2, -0.15) is 0 Å². The van der Waals surface area contributed by atoms with Gasteiger partial charge in [-0.3, -0.25) is 9.97 Å². The van der Waals surface area contributed by atoms with Crippen molar-refractivity contribution >= 4 is 43.1 Å². The lowest BCUT2D eigenvalue weighted by molar-refractivity contribution is 1.08. The van der Waals surface area contributed by atoms with Crippen molar-refractivity contribution < 1.29 is 0 Å². The smallest absolute Gasteiger partial charge is 0.164 e. The number of nitrogens with zero attached hydrogens (tertiary/aromatic N) is 5. The molecule has 8 rings (SSSR count). The third-order valence-electron chi connectivity index (χ3n) is 7.40. The van der Waals surface area contributed by atoms with Gasteiger partial charge in [0.05, 0.1) is 0 Å². The van der Waals surface area contributed by atoms with Crippen molar-refractivity contribution in [3.05, 3.63) is 128 Å². The van der Waals surface area contributed by atoms with Gasteiger partial charge in [0.1, 0.15) is 0 Å². The van der Waals surface area contributed by atoms with Gasteiger partial charge >= 0.3 is 0 Å². The maximum absolute atomic E-state index is 4.99. The van der Waals surface area contributed by atoms with Crippen LogP contribution in [-0.2, 0) is 0 Å². The van der Waals surface area contributed by atoms with Crippen LogP contribution in [0.2, 0.25) is 0 Å². The number of rotatable bonds is 3. The van der Waals surface area contributed by atoms with Crippen LogP contribution in [0.4, 0.5) is 0 Å². The fourth-order valence-corrected chi connectivity index (χ4v) is 5.29. The molecule has 5 aromatic carbocycles. The average Bonchev–Trinajstić information content (AvgIpc) is 3.02. The lowest BCUT2D eigenvalue weighted by atomic mass is 10.0. The summed E-state index contributed by atoms with van der Waals surface area (Å²) < 4.78 is 0. The molecule has 5 heteroatoms. The van der Waals surface area contributed by atoms with Crippen molar-refractivity contribution in [2.45, 2.75) is 0 Å². The van der Waals surface area contributed by atoms with Crippen LogP contribution in [0.25, 0.3) is 77.3 Å². The highest BCUT2D eigenvalue weighted by Gasteiger charge is 2.14. The van der Waals surface area contributed by atoms with Crippen LogP contribution in [0.5, 0.6) is 0 Å². The van der Waals surface area contributed by atoms with E-state index in [-0.39, 0.29) is 0 Å². The van der Waals surface area contributed by atoms with Gasteiger partial charge in [0.15, 0.2) is 17.5 Å². The summed E-state index contributed by atoms with van der Waals surface area (Å²) in [5, 5.41) is 9.10. The maximum Gasteiger partial charge on any atom is 0.164 e. The Labute approximate surface area is 229 Å². The highest BCUT2D eigenvalue weighted by atomic mass is 15.0. The third kappa shape index (κ3) is 3.92. The highest BCUT2D eigenvalue weighted by Crippen LogP contribution is 2.31. The topological polar surface area (TPSA) is 64.5 Å². The standard InChI is InChI=1S/C35H21N5/c1-2-4-23-18-32-19-29(6-5-24(32)15-22(23)3-1)35-39-33(27-7-9-30-20-36-13-11-25(30)16-27)38-34(40-35)28-8-10-31-21-37-14-12-26(31)17-28/h1-21H. The first-order chi connectivity index (χ1) is 19.8. The first-order valence-electron chi connectivity index (χ1n) is 13.1. The zero-order valence-electron chi connectivity index (χ0n) is 21.4. The summed E-state index contributed by atoms with van der Waals surface area (Å²) in [5.74, 6) is 1.90. The lowest BCUT2D eigenvalue weighted by Crippen LogP contribution is -2.00. The van der Waals surface area contributed by atoms with E-state index in [9.17, 15) is 0 Å². The molecule has 40 heavy (non-hydrogen) atoms. The molecule has 0 saturated heterocycles. The molecule has 0 fully saturated rings. The minimum Gasteiger partial charge on any atom is -0.264 e. The Morgan fingerprint density at radius 1 is 0.325 bits per heavy atom. The molecule has 0 aliphatic heterocycles. The summed E-state index contributed by atoms with van der Waals surface area (Å²) >= 11 is 0. The number of fused-ring (bicyclic) bond motifs is 4. The van der Waals surface area contributed by atoms with Crippen molar-refractivity contribution in [2.75, 3.05) is 0 Å². The van der Waals surface area contributed by atoms with E-state index in [1.54, 1.807) is 12.4 Å². The molecule has 186 valence electrons. The number of hydrogen-bond donors (Lipinski definition) is 0. The molecule has 0 spiro atoms. The van der Waals surface area contributed by atoms with Crippen LogP contribution in [0.3, 0.4) is 0 Å². The number of hydrogen-bond acceptors (Lipinski definition) is 5. The summed E-state index contributed by atoms with van der Waals surface area (Å²) in [6, 6.07) is 35.7. The van der Waals surface area contributed by atoms with E-state index in [1.807, 2.05) is 36.7 Å². The fraction of sp³-hybridized carbons (Fsp3) is 0. The molecule has 0 unspecified atom stereocenters. The minimum atomic E-state index is 0.632. The SMILES string of the molecule is c1ccc2cc3cc(-c4nc(-c5ccc6cnccc6c5)nc(-c5ccc6cnccc6c5)n4)ccc3cc2c1. The van der Waals surface area contributed by atoms with Crippen molar-refractivity contribution in [2.24, 2.45) is 0 Å². The van der Waals surface area contributed by atoms with Crippen molar-refractivity contribution in [3.8, 4) is 34.2 Å². The average molecular weight is 512 g/mol. The molecule has 0 aliphatic rings. The third-order valence-corrected chi connectivity index (χ3v) is 7.40. The minimum absolute atomic E-state index is 0.632. The van der Waals surface area contributed by atoms with Gasteiger partial charge in [0.2, 0.25) is 0 Å². The van der Waals surface area contributed by atoms with Crippen molar-refractivity contribution in [1.29, 1.82) is 0 Å². The molecule has 3 aromatic heterocycles. The molecular formula is C35H21N5. The molecule has 8 aromatic rings. The van der Waals surface area contributed by atoms with E-state index in [0.29, 0.717) is 17.5 Å². The van der Waals surface area contributed by atoms with Gasteiger partial charge in [-0.05, 0) is 74.8 Å². The Kier molecular flexibility index (Phi) is 5.07. The monoisotopic (exact) mass is 511 g/mol. The molecule has 0 amide bonds. The van der Waals surface area contributed by atoms with Gasteiger partial charge in [-0.1, -0.05) is 60.7 Å². The number of benzene rings is 5. The van der Waals surface area contributed by atoms with Crippen LogP contribution in [-0.4, -0.2) is 24.9 Å². The van der Waals surface area contributed by atoms with Crippen molar-refractivity contribution in [3.63, 3.8) is 0 Å². The quantitative estimate of drug-likeness (QED) is 0.223. The lowest BCUT2D eigenvalue weighted by Gasteiger charge is -2.10. The second kappa shape index (κ2) is 9.03. The predicted octanol–water partition coefficient (Wildman–Crippen LogP) is 8.28. The Bertz CT molecular complexity index is 2140. The summed E-state index contributed by atoms with van der Waals surface area (Å²) in [7, 11) is 0. The molecule has 0 aliphatic carbocycles.